The van der Waals surface area contributed by atoms with Gasteiger partial charge in [-0.2, -0.15) is 0 Å². The normalized spacial score (nSPS) is 25.4. The fourth-order valence-electron chi connectivity index (χ4n) is 2.70. The van der Waals surface area contributed by atoms with E-state index in [0.717, 1.165) is 30.8 Å². The molecule has 1 aliphatic heterocycles. The Bertz CT molecular complexity index is 394. The number of benzene rings is 1. The monoisotopic (exact) mass is 279 g/mol. The third-order valence-corrected chi connectivity index (χ3v) is 5.12. The van der Waals surface area contributed by atoms with E-state index < -0.39 is 10.8 Å². The highest BCUT2D eigenvalue weighted by molar-refractivity contribution is 7.85. The minimum absolute atomic E-state index is 0.428. The first-order chi connectivity index (χ1) is 9.15. The quantitative estimate of drug-likeness (QED) is 0.896. The van der Waals surface area contributed by atoms with E-state index in [0.29, 0.717) is 18.0 Å². The van der Waals surface area contributed by atoms with Crippen molar-refractivity contribution in [2.75, 3.05) is 11.5 Å². The third-order valence-electron chi connectivity index (χ3n) is 3.73. The van der Waals surface area contributed by atoms with Crippen molar-refractivity contribution in [1.29, 1.82) is 0 Å². The Balaban J connectivity index is 2.00. The van der Waals surface area contributed by atoms with E-state index in [-0.39, 0.29) is 0 Å². The molecule has 1 unspecified atom stereocenters. The van der Waals surface area contributed by atoms with Crippen molar-refractivity contribution in [2.45, 2.75) is 45.2 Å². The zero-order chi connectivity index (χ0) is 13.7. The van der Waals surface area contributed by atoms with Crippen LogP contribution < -0.4 is 5.32 Å². The highest BCUT2D eigenvalue weighted by Gasteiger charge is 2.22. The first kappa shape index (κ1) is 14.7. The van der Waals surface area contributed by atoms with E-state index >= 15 is 0 Å². The summed E-state index contributed by atoms with van der Waals surface area (Å²) in [6, 6.07) is 11.7. The zero-order valence-electron chi connectivity index (χ0n) is 12.0. The van der Waals surface area contributed by atoms with Crippen molar-refractivity contribution in [2.24, 2.45) is 5.92 Å². The first-order valence-corrected chi connectivity index (χ1v) is 8.80. The van der Waals surface area contributed by atoms with Crippen LogP contribution in [0.2, 0.25) is 0 Å². The van der Waals surface area contributed by atoms with E-state index in [1.165, 1.54) is 5.56 Å². The summed E-state index contributed by atoms with van der Waals surface area (Å²) in [6.45, 7) is 4.54. The molecule has 1 atom stereocenters. The molecule has 19 heavy (non-hydrogen) atoms. The predicted molar refractivity (Wildman–Crippen MR) is 82.7 cm³/mol. The Labute approximate surface area is 119 Å². The van der Waals surface area contributed by atoms with E-state index in [1.54, 1.807) is 0 Å². The van der Waals surface area contributed by atoms with E-state index in [1.807, 2.05) is 0 Å². The van der Waals surface area contributed by atoms with Gasteiger partial charge in [-0.05, 0) is 30.7 Å². The van der Waals surface area contributed by atoms with Gasteiger partial charge in [-0.1, -0.05) is 44.2 Å². The summed E-state index contributed by atoms with van der Waals surface area (Å²) in [5, 5.41) is 3.79. The van der Waals surface area contributed by atoms with Crippen LogP contribution in [0.25, 0.3) is 0 Å². The SMILES string of the molecule is CC(C)CC(NC1CCS(=O)CC1)c1ccccc1. The van der Waals surface area contributed by atoms with Crippen LogP contribution in [0.5, 0.6) is 0 Å². The average Bonchev–Trinajstić information content (AvgIpc) is 2.41. The lowest BCUT2D eigenvalue weighted by Crippen LogP contribution is -2.38. The standard InChI is InChI=1S/C16H25NOS/c1-13(2)12-16(14-6-4-3-5-7-14)17-15-8-10-19(18)11-9-15/h3-7,13,15-17H,8-12H2,1-2H3. The van der Waals surface area contributed by atoms with Crippen LogP contribution in [-0.4, -0.2) is 21.8 Å². The molecule has 3 heteroatoms. The van der Waals surface area contributed by atoms with Crippen LogP contribution in [0.15, 0.2) is 30.3 Å². The summed E-state index contributed by atoms with van der Waals surface area (Å²) in [5.41, 5.74) is 1.38. The molecule has 1 N–H and O–H groups in total. The predicted octanol–water partition coefficient (Wildman–Crippen LogP) is 3.27. The van der Waals surface area contributed by atoms with Crippen molar-refractivity contribution >= 4 is 10.8 Å². The maximum Gasteiger partial charge on any atom is 0.0325 e. The fourth-order valence-corrected chi connectivity index (χ4v) is 4.00. The molecule has 0 radical (unpaired) electrons. The summed E-state index contributed by atoms with van der Waals surface area (Å²) >= 11 is 0. The Morgan fingerprint density at radius 3 is 2.42 bits per heavy atom. The van der Waals surface area contributed by atoms with Crippen LogP contribution in [0.3, 0.4) is 0 Å². The molecular weight excluding hydrogens is 254 g/mol. The van der Waals surface area contributed by atoms with Crippen molar-refractivity contribution in [3.8, 4) is 0 Å². The van der Waals surface area contributed by atoms with Crippen LogP contribution in [0.4, 0.5) is 0 Å². The van der Waals surface area contributed by atoms with Gasteiger partial charge in [0.1, 0.15) is 0 Å². The van der Waals surface area contributed by atoms with Gasteiger partial charge in [0.05, 0.1) is 0 Å². The Morgan fingerprint density at radius 1 is 1.21 bits per heavy atom. The number of hydrogen-bond acceptors (Lipinski definition) is 2. The maximum atomic E-state index is 11.4. The highest BCUT2D eigenvalue weighted by atomic mass is 32.2. The molecule has 106 valence electrons. The van der Waals surface area contributed by atoms with Gasteiger partial charge < -0.3 is 5.32 Å². The van der Waals surface area contributed by atoms with Crippen LogP contribution in [0, 0.1) is 5.92 Å². The Morgan fingerprint density at radius 2 is 1.84 bits per heavy atom. The van der Waals surface area contributed by atoms with Gasteiger partial charge in [-0.3, -0.25) is 4.21 Å². The second-order valence-corrected chi connectivity index (χ2v) is 7.58. The lowest BCUT2D eigenvalue weighted by atomic mass is 9.95. The molecule has 1 aromatic rings. The van der Waals surface area contributed by atoms with Crippen LogP contribution in [-0.2, 0) is 10.8 Å². The van der Waals surface area contributed by atoms with E-state index in [9.17, 15) is 4.21 Å². The molecule has 2 nitrogen and oxygen atoms in total. The molecule has 0 spiro atoms. The summed E-state index contributed by atoms with van der Waals surface area (Å²) in [5.74, 6) is 2.40. The molecule has 0 bridgehead atoms. The van der Waals surface area contributed by atoms with Gasteiger partial charge in [-0.15, -0.1) is 0 Å². The van der Waals surface area contributed by atoms with Crippen molar-refractivity contribution in [3.63, 3.8) is 0 Å². The van der Waals surface area contributed by atoms with Gasteiger partial charge in [-0.25, -0.2) is 0 Å². The molecule has 0 aromatic heterocycles. The summed E-state index contributed by atoms with van der Waals surface area (Å²) < 4.78 is 11.4. The Kier molecular flexibility index (Phi) is 5.59. The second-order valence-electron chi connectivity index (χ2n) is 5.88. The minimum Gasteiger partial charge on any atom is -0.307 e. The second kappa shape index (κ2) is 7.20. The molecule has 1 saturated heterocycles. The summed E-state index contributed by atoms with van der Waals surface area (Å²) in [7, 11) is -0.571. The molecule has 1 aliphatic rings. The zero-order valence-corrected chi connectivity index (χ0v) is 12.8. The fraction of sp³-hybridized carbons (Fsp3) is 0.625. The topological polar surface area (TPSA) is 29.1 Å². The largest absolute Gasteiger partial charge is 0.307 e. The smallest absolute Gasteiger partial charge is 0.0325 e. The van der Waals surface area contributed by atoms with Gasteiger partial charge in [0.2, 0.25) is 0 Å². The molecule has 0 aliphatic carbocycles. The lowest BCUT2D eigenvalue weighted by Gasteiger charge is -2.29. The van der Waals surface area contributed by atoms with Gasteiger partial charge in [0.15, 0.2) is 0 Å². The Hall–Kier alpha value is -0.670. The third kappa shape index (κ3) is 4.73. The molecule has 1 heterocycles. The molecule has 0 amide bonds. The average molecular weight is 279 g/mol. The maximum absolute atomic E-state index is 11.4. The van der Waals surface area contributed by atoms with Crippen LogP contribution >= 0.6 is 0 Å². The first-order valence-electron chi connectivity index (χ1n) is 7.31. The summed E-state index contributed by atoms with van der Waals surface area (Å²) in [6.07, 6.45) is 3.26. The molecule has 0 saturated carbocycles. The van der Waals surface area contributed by atoms with Crippen molar-refractivity contribution in [3.05, 3.63) is 35.9 Å². The van der Waals surface area contributed by atoms with E-state index in [2.05, 4.69) is 49.5 Å². The molecular formula is C16H25NOS. The summed E-state index contributed by atoms with van der Waals surface area (Å²) in [4.78, 5) is 0. The molecule has 1 fully saturated rings. The van der Waals surface area contributed by atoms with Crippen molar-refractivity contribution in [1.82, 2.24) is 5.32 Å². The number of nitrogens with one attached hydrogen (secondary N) is 1. The number of rotatable bonds is 5. The number of hydrogen-bond donors (Lipinski definition) is 1. The van der Waals surface area contributed by atoms with E-state index in [4.69, 9.17) is 0 Å². The highest BCUT2D eigenvalue weighted by Crippen LogP contribution is 2.23. The molecule has 2 rings (SSSR count). The van der Waals surface area contributed by atoms with Gasteiger partial charge in [0.25, 0.3) is 0 Å². The van der Waals surface area contributed by atoms with Gasteiger partial charge >= 0.3 is 0 Å². The van der Waals surface area contributed by atoms with Crippen molar-refractivity contribution < 1.29 is 4.21 Å². The van der Waals surface area contributed by atoms with Crippen LogP contribution in [0.1, 0.15) is 44.7 Å². The molecule has 1 aromatic carbocycles. The lowest BCUT2D eigenvalue weighted by molar-refractivity contribution is 0.362. The minimum atomic E-state index is -0.571. The van der Waals surface area contributed by atoms with Gasteiger partial charge in [0, 0.05) is 34.4 Å².